The number of fused-ring (bicyclic) bond motifs is 2. The van der Waals surface area contributed by atoms with Crippen LogP contribution in [-0.4, -0.2) is 75.2 Å². The Morgan fingerprint density at radius 1 is 0.972 bits per heavy atom. The molecule has 0 saturated heterocycles. The fraction of sp³-hybridized carbons (Fsp3) is 0.429. The maximum atomic E-state index is 13.3. The molecule has 5 rings (SSSR count). The zero-order valence-corrected chi connectivity index (χ0v) is 21.0. The molecule has 0 radical (unpaired) electrons. The Morgan fingerprint density at radius 2 is 1.78 bits per heavy atom. The molecule has 0 aliphatic carbocycles. The third-order valence-electron chi connectivity index (χ3n) is 7.18. The van der Waals surface area contributed by atoms with Crippen LogP contribution in [0.3, 0.4) is 0 Å². The first-order chi connectivity index (χ1) is 17.6. The predicted octanol–water partition coefficient (Wildman–Crippen LogP) is 2.59. The van der Waals surface area contributed by atoms with Crippen molar-refractivity contribution in [2.45, 2.75) is 25.8 Å². The molecule has 1 N–H and O–H groups in total. The molecule has 0 atom stereocenters. The minimum absolute atomic E-state index is 0.0763. The number of hydrogen-bond acceptors (Lipinski definition) is 6. The van der Waals surface area contributed by atoms with Gasteiger partial charge in [-0.3, -0.25) is 14.5 Å². The van der Waals surface area contributed by atoms with Gasteiger partial charge in [-0.15, -0.1) is 0 Å². The van der Waals surface area contributed by atoms with Crippen molar-refractivity contribution >= 4 is 11.8 Å². The summed E-state index contributed by atoms with van der Waals surface area (Å²) in [6, 6.07) is 9.59. The van der Waals surface area contributed by atoms with E-state index in [1.807, 2.05) is 35.2 Å². The van der Waals surface area contributed by atoms with E-state index in [2.05, 4.69) is 16.3 Å². The molecule has 0 fully saturated rings. The second-order valence-corrected chi connectivity index (χ2v) is 9.42. The SMILES string of the molecule is COc1cc2c(cc1OC)CN(C(=O)C1=CCCN(CCNC(=O)c3ccc4c(c3)CCO4)C1)CC2. The number of benzene rings is 2. The Morgan fingerprint density at radius 3 is 2.58 bits per heavy atom. The van der Waals surface area contributed by atoms with Crippen molar-refractivity contribution in [1.29, 1.82) is 0 Å². The number of nitrogens with one attached hydrogen (secondary N) is 1. The number of carbonyl (C=O) groups excluding carboxylic acids is 2. The molecule has 2 amide bonds. The first-order valence-corrected chi connectivity index (χ1v) is 12.5. The van der Waals surface area contributed by atoms with Crippen molar-refractivity contribution in [2.75, 3.05) is 53.6 Å². The highest BCUT2D eigenvalue weighted by Gasteiger charge is 2.27. The Hall–Kier alpha value is -3.52. The fourth-order valence-corrected chi connectivity index (χ4v) is 5.17. The Labute approximate surface area is 211 Å². The maximum Gasteiger partial charge on any atom is 0.251 e. The van der Waals surface area contributed by atoms with Gasteiger partial charge in [-0.2, -0.15) is 0 Å². The average molecular weight is 492 g/mol. The Bertz CT molecular complexity index is 1190. The standard InChI is InChI=1S/C28H33N3O5/c1-34-25-15-19-7-11-31(18-23(19)16-26(25)35-2)28(33)22-4-3-10-30(17-22)12-9-29-27(32)21-5-6-24-20(14-21)8-13-36-24/h4-6,14-16H,3,7-13,17-18H2,1-2H3,(H,29,32). The van der Waals surface area contributed by atoms with Gasteiger partial charge in [0, 0.05) is 56.8 Å². The number of carbonyl (C=O) groups is 2. The van der Waals surface area contributed by atoms with Crippen LogP contribution in [0.1, 0.15) is 33.5 Å². The molecule has 3 aliphatic rings. The summed E-state index contributed by atoms with van der Waals surface area (Å²) in [6.07, 6.45) is 4.53. The molecule has 3 aliphatic heterocycles. The number of methoxy groups -OCH3 is 2. The van der Waals surface area contributed by atoms with Crippen LogP contribution in [-0.2, 0) is 24.2 Å². The van der Waals surface area contributed by atoms with Gasteiger partial charge in [0.1, 0.15) is 5.75 Å². The summed E-state index contributed by atoms with van der Waals surface area (Å²) in [5.41, 5.74) is 4.87. The topological polar surface area (TPSA) is 80.3 Å². The van der Waals surface area contributed by atoms with Crippen molar-refractivity contribution in [3.63, 3.8) is 0 Å². The molecular weight excluding hydrogens is 458 g/mol. The van der Waals surface area contributed by atoms with Gasteiger partial charge in [-0.05, 0) is 59.9 Å². The summed E-state index contributed by atoms with van der Waals surface area (Å²) in [5.74, 6) is 2.29. The first-order valence-electron chi connectivity index (χ1n) is 12.5. The van der Waals surface area contributed by atoms with Crippen molar-refractivity contribution in [3.05, 3.63) is 64.2 Å². The molecule has 8 heteroatoms. The molecule has 0 aromatic heterocycles. The number of ether oxygens (including phenoxy) is 3. The second kappa shape index (κ2) is 10.6. The average Bonchev–Trinajstić information content (AvgIpc) is 3.39. The van der Waals surface area contributed by atoms with Crippen LogP contribution < -0.4 is 19.5 Å². The molecule has 8 nitrogen and oxygen atoms in total. The monoisotopic (exact) mass is 491 g/mol. The zero-order valence-electron chi connectivity index (χ0n) is 21.0. The van der Waals surface area contributed by atoms with Crippen LogP contribution in [0.15, 0.2) is 42.0 Å². The summed E-state index contributed by atoms with van der Waals surface area (Å²) in [5, 5.41) is 3.02. The summed E-state index contributed by atoms with van der Waals surface area (Å²) < 4.78 is 16.4. The number of rotatable bonds is 7. The van der Waals surface area contributed by atoms with E-state index in [1.54, 1.807) is 14.2 Å². The fourth-order valence-electron chi connectivity index (χ4n) is 5.17. The van der Waals surface area contributed by atoms with Gasteiger partial charge in [-0.1, -0.05) is 6.08 Å². The van der Waals surface area contributed by atoms with Gasteiger partial charge in [0.2, 0.25) is 0 Å². The third-order valence-corrected chi connectivity index (χ3v) is 7.18. The lowest BCUT2D eigenvalue weighted by atomic mass is 9.97. The van der Waals surface area contributed by atoms with Crippen LogP contribution in [0, 0.1) is 0 Å². The van der Waals surface area contributed by atoms with Crippen LogP contribution >= 0.6 is 0 Å². The van der Waals surface area contributed by atoms with E-state index in [0.717, 1.165) is 54.0 Å². The second-order valence-electron chi connectivity index (χ2n) is 9.42. The lowest BCUT2D eigenvalue weighted by Crippen LogP contribution is -2.43. The normalized spacial score (nSPS) is 16.9. The van der Waals surface area contributed by atoms with Crippen LogP contribution in [0.2, 0.25) is 0 Å². The summed E-state index contributed by atoms with van der Waals surface area (Å²) in [7, 11) is 3.26. The van der Waals surface area contributed by atoms with Crippen LogP contribution in [0.4, 0.5) is 0 Å². The lowest BCUT2D eigenvalue weighted by molar-refractivity contribution is -0.128. The van der Waals surface area contributed by atoms with E-state index >= 15 is 0 Å². The van der Waals surface area contributed by atoms with Gasteiger partial charge in [-0.25, -0.2) is 0 Å². The summed E-state index contributed by atoms with van der Waals surface area (Å²) in [4.78, 5) is 30.1. The van der Waals surface area contributed by atoms with E-state index < -0.39 is 0 Å². The molecular formula is C28H33N3O5. The quantitative estimate of drug-likeness (QED) is 0.642. The first kappa shape index (κ1) is 24.2. The van der Waals surface area contributed by atoms with E-state index in [1.165, 1.54) is 5.56 Å². The van der Waals surface area contributed by atoms with E-state index in [-0.39, 0.29) is 11.8 Å². The van der Waals surface area contributed by atoms with Crippen LogP contribution in [0.25, 0.3) is 0 Å². The predicted molar refractivity (Wildman–Crippen MR) is 136 cm³/mol. The smallest absolute Gasteiger partial charge is 0.251 e. The van der Waals surface area contributed by atoms with Gasteiger partial charge in [0.25, 0.3) is 11.8 Å². The van der Waals surface area contributed by atoms with Crippen molar-refractivity contribution in [1.82, 2.24) is 15.1 Å². The molecule has 36 heavy (non-hydrogen) atoms. The van der Waals surface area contributed by atoms with Gasteiger partial charge in [0.05, 0.1) is 20.8 Å². The number of amides is 2. The molecule has 0 bridgehead atoms. The van der Waals surface area contributed by atoms with E-state index in [0.29, 0.717) is 50.6 Å². The number of nitrogens with zero attached hydrogens (tertiary/aromatic N) is 2. The van der Waals surface area contributed by atoms with E-state index in [9.17, 15) is 9.59 Å². The van der Waals surface area contributed by atoms with Gasteiger partial charge >= 0.3 is 0 Å². The van der Waals surface area contributed by atoms with Gasteiger partial charge in [0.15, 0.2) is 11.5 Å². The summed E-state index contributed by atoms with van der Waals surface area (Å²) >= 11 is 0. The Balaban J connectivity index is 1.14. The highest BCUT2D eigenvalue weighted by atomic mass is 16.5. The minimum atomic E-state index is -0.0763. The maximum absolute atomic E-state index is 13.3. The highest BCUT2D eigenvalue weighted by molar-refractivity contribution is 5.95. The number of hydrogen-bond donors (Lipinski definition) is 1. The minimum Gasteiger partial charge on any atom is -0.493 e. The summed E-state index contributed by atoms with van der Waals surface area (Å²) in [6.45, 7) is 4.63. The molecule has 2 aromatic rings. The third kappa shape index (κ3) is 5.04. The highest BCUT2D eigenvalue weighted by Crippen LogP contribution is 2.33. The van der Waals surface area contributed by atoms with Crippen LogP contribution in [0.5, 0.6) is 17.2 Å². The molecule has 190 valence electrons. The Kier molecular flexibility index (Phi) is 7.13. The lowest BCUT2D eigenvalue weighted by Gasteiger charge is -2.33. The largest absolute Gasteiger partial charge is 0.493 e. The molecule has 0 saturated carbocycles. The molecule has 0 unspecified atom stereocenters. The van der Waals surface area contributed by atoms with Crippen molar-refractivity contribution in [2.24, 2.45) is 0 Å². The van der Waals surface area contributed by atoms with Gasteiger partial charge < -0.3 is 24.4 Å². The molecule has 3 heterocycles. The zero-order chi connectivity index (χ0) is 25.1. The van der Waals surface area contributed by atoms with Crippen molar-refractivity contribution < 1.29 is 23.8 Å². The van der Waals surface area contributed by atoms with E-state index in [4.69, 9.17) is 14.2 Å². The molecule has 2 aromatic carbocycles. The van der Waals surface area contributed by atoms with Crippen molar-refractivity contribution in [3.8, 4) is 17.2 Å². The molecule has 0 spiro atoms.